The molecular weight excluding hydrogens is 200 g/mol. The molecule has 0 spiro atoms. The molecule has 3 heteroatoms. The van der Waals surface area contributed by atoms with Crippen molar-refractivity contribution in [2.24, 2.45) is 0 Å². The van der Waals surface area contributed by atoms with Crippen LogP contribution >= 0.6 is 0 Å². The van der Waals surface area contributed by atoms with Crippen LogP contribution in [0.2, 0.25) is 0 Å². The van der Waals surface area contributed by atoms with Crippen molar-refractivity contribution in [2.75, 3.05) is 12.4 Å². The van der Waals surface area contributed by atoms with Crippen molar-refractivity contribution < 1.29 is 4.79 Å². The van der Waals surface area contributed by atoms with E-state index in [1.54, 1.807) is 6.20 Å². The summed E-state index contributed by atoms with van der Waals surface area (Å²) in [6, 6.07) is 13.2. The minimum atomic E-state index is 0.201. The molecule has 1 aromatic carbocycles. The van der Waals surface area contributed by atoms with E-state index in [2.05, 4.69) is 10.3 Å². The van der Waals surface area contributed by atoms with Crippen molar-refractivity contribution >= 4 is 11.6 Å². The smallest absolute Gasteiger partial charge is 0.193 e. The van der Waals surface area contributed by atoms with Crippen LogP contribution in [0.4, 0.5) is 5.82 Å². The lowest BCUT2D eigenvalue weighted by atomic mass is 9.92. The van der Waals surface area contributed by atoms with E-state index in [1.165, 1.54) is 0 Å². The van der Waals surface area contributed by atoms with Crippen molar-refractivity contribution in [3.63, 3.8) is 0 Å². The van der Waals surface area contributed by atoms with Gasteiger partial charge in [0.25, 0.3) is 0 Å². The van der Waals surface area contributed by atoms with Gasteiger partial charge in [-0.15, -0.1) is 0 Å². The number of nitrogens with one attached hydrogen (secondary N) is 1. The molecule has 0 saturated heterocycles. The predicted octanol–water partition coefficient (Wildman–Crippen LogP) is 2.35. The number of carbonyl (C=O) groups is 1. The summed E-state index contributed by atoms with van der Waals surface area (Å²) in [6.45, 7) is 0. The zero-order valence-corrected chi connectivity index (χ0v) is 8.97. The van der Waals surface area contributed by atoms with Gasteiger partial charge in [-0.05, 0) is 18.2 Å². The van der Waals surface area contributed by atoms with Gasteiger partial charge in [0.1, 0.15) is 5.82 Å². The van der Waals surface area contributed by atoms with Crippen molar-refractivity contribution in [1.29, 1.82) is 0 Å². The lowest BCUT2D eigenvalue weighted by Crippen LogP contribution is -2.10. The Kier molecular flexibility index (Phi) is 2.96. The van der Waals surface area contributed by atoms with Gasteiger partial charge in [0.15, 0.2) is 5.78 Å². The average molecular weight is 212 g/mol. The highest BCUT2D eigenvalue weighted by Gasteiger charge is 2.17. The van der Waals surface area contributed by atoms with Gasteiger partial charge in [-0.25, -0.2) is 4.98 Å². The topological polar surface area (TPSA) is 42.0 Å². The molecule has 0 unspecified atom stereocenters. The molecule has 2 aromatic rings. The molecule has 0 amide bonds. The fraction of sp³-hybridized carbons (Fsp3) is 0.0769. The Morgan fingerprint density at radius 1 is 1.06 bits per heavy atom. The number of aromatic nitrogens is 1. The fourth-order valence-electron chi connectivity index (χ4n) is 1.40. The lowest BCUT2D eigenvalue weighted by Gasteiger charge is -2.10. The van der Waals surface area contributed by atoms with Gasteiger partial charge in [-0.3, -0.25) is 4.79 Å². The number of ketones is 1. The number of hydrogen-bond acceptors (Lipinski definition) is 3. The normalized spacial score (nSPS) is 10.9. The van der Waals surface area contributed by atoms with Crippen molar-refractivity contribution in [3.8, 4) is 0 Å². The third-order valence-electron chi connectivity index (χ3n) is 2.31. The quantitative estimate of drug-likeness (QED) is 0.673. The number of nitrogens with zero attached hydrogens (tertiary/aromatic N) is 1. The second-order valence-electron chi connectivity index (χ2n) is 3.37. The van der Waals surface area contributed by atoms with Gasteiger partial charge in [-0.2, -0.15) is 0 Å². The molecular formula is C13H12N2O. The summed E-state index contributed by atoms with van der Waals surface area (Å²) in [5.41, 5.74) is 1.70. The Labute approximate surface area is 94.1 Å². The van der Waals surface area contributed by atoms with Crippen LogP contribution in [-0.2, 0) is 0 Å². The molecule has 80 valence electrons. The summed E-state index contributed by atoms with van der Waals surface area (Å²) in [5.74, 6) is 1.11. The van der Waals surface area contributed by atoms with Crippen LogP contribution in [0.5, 0.6) is 0 Å². The summed E-state index contributed by atoms with van der Waals surface area (Å²) in [7, 11) is 1.85. The van der Waals surface area contributed by atoms with Crippen LogP contribution in [0, 0.1) is 0 Å². The number of fused-ring (bicyclic) bond motifs is 2. The van der Waals surface area contributed by atoms with E-state index in [4.69, 9.17) is 0 Å². The fourth-order valence-corrected chi connectivity index (χ4v) is 1.40. The Bertz CT molecular complexity index is 466. The highest BCUT2D eigenvalue weighted by molar-refractivity contribution is 6.16. The Morgan fingerprint density at radius 3 is 2.12 bits per heavy atom. The molecule has 1 heterocycles. The highest BCUT2D eigenvalue weighted by atomic mass is 16.1. The minimum Gasteiger partial charge on any atom is -0.373 e. The monoisotopic (exact) mass is 212 g/mol. The summed E-state index contributed by atoms with van der Waals surface area (Å²) in [4.78, 5) is 14.6. The first-order valence-corrected chi connectivity index (χ1v) is 5.05. The molecule has 4 rings (SSSR count). The molecule has 1 aromatic heterocycles. The number of anilines is 1. The van der Waals surface area contributed by atoms with E-state index >= 15 is 0 Å². The molecule has 2 aliphatic rings. The van der Waals surface area contributed by atoms with Crippen LogP contribution in [0.15, 0.2) is 48.7 Å². The zero-order valence-electron chi connectivity index (χ0n) is 8.97. The van der Waals surface area contributed by atoms with Crippen LogP contribution < -0.4 is 5.32 Å². The summed E-state index contributed by atoms with van der Waals surface area (Å²) < 4.78 is 0. The van der Waals surface area contributed by atoms with E-state index in [1.807, 2.05) is 49.5 Å². The summed E-state index contributed by atoms with van der Waals surface area (Å²) in [5, 5.41) is 2.92. The van der Waals surface area contributed by atoms with Gasteiger partial charge < -0.3 is 5.32 Å². The molecule has 3 nitrogen and oxygen atoms in total. The van der Waals surface area contributed by atoms with Crippen molar-refractivity contribution in [1.82, 2.24) is 4.98 Å². The average Bonchev–Trinajstić information content (AvgIpc) is 2.40. The first-order valence-electron chi connectivity index (χ1n) is 5.05. The number of carbonyl (C=O) groups excluding carboxylic acids is 1. The third-order valence-corrected chi connectivity index (χ3v) is 2.31. The van der Waals surface area contributed by atoms with Gasteiger partial charge in [-0.1, -0.05) is 24.3 Å². The van der Waals surface area contributed by atoms with E-state index in [-0.39, 0.29) is 5.78 Å². The van der Waals surface area contributed by atoms with E-state index in [0.29, 0.717) is 0 Å². The summed E-state index contributed by atoms with van der Waals surface area (Å²) in [6.07, 6.45) is 1.76. The van der Waals surface area contributed by atoms with E-state index < -0.39 is 0 Å². The molecule has 1 N–H and O–H groups in total. The maximum absolute atomic E-state index is 10.7. The Balaban J connectivity index is 0.000000120. The molecule has 2 bridgehead atoms. The minimum absolute atomic E-state index is 0.201. The molecule has 0 atom stereocenters. The van der Waals surface area contributed by atoms with Crippen molar-refractivity contribution in [2.45, 2.75) is 0 Å². The maximum atomic E-state index is 10.7. The van der Waals surface area contributed by atoms with Crippen LogP contribution in [0.25, 0.3) is 0 Å². The largest absolute Gasteiger partial charge is 0.373 e. The maximum Gasteiger partial charge on any atom is 0.193 e. The first kappa shape index (κ1) is 10.4. The molecule has 0 saturated carbocycles. The predicted molar refractivity (Wildman–Crippen MR) is 63.7 cm³/mol. The summed E-state index contributed by atoms with van der Waals surface area (Å²) >= 11 is 0. The van der Waals surface area contributed by atoms with Gasteiger partial charge in [0, 0.05) is 24.4 Å². The standard InChI is InChI=1S/C7H4O.C6H8N2/c8-7-5-2-1-3-6(7)4-5;1-7-6-4-2-3-5-8-6/h1-4H;2-5H,1H3,(H,7,8). The number of rotatable bonds is 1. The molecule has 2 aliphatic carbocycles. The first-order chi connectivity index (χ1) is 7.81. The Hall–Kier alpha value is -2.16. The van der Waals surface area contributed by atoms with Gasteiger partial charge in [0.2, 0.25) is 0 Å². The molecule has 0 radical (unpaired) electrons. The third kappa shape index (κ3) is 2.08. The lowest BCUT2D eigenvalue weighted by molar-refractivity contribution is 0.102. The van der Waals surface area contributed by atoms with Crippen LogP contribution in [0.3, 0.4) is 0 Å². The number of benzene rings is 1. The second-order valence-corrected chi connectivity index (χ2v) is 3.37. The number of pyridine rings is 1. The molecule has 16 heavy (non-hydrogen) atoms. The zero-order chi connectivity index (χ0) is 11.4. The van der Waals surface area contributed by atoms with E-state index in [9.17, 15) is 4.79 Å². The van der Waals surface area contributed by atoms with Gasteiger partial charge >= 0.3 is 0 Å². The second kappa shape index (κ2) is 4.57. The molecule has 0 aliphatic heterocycles. The van der Waals surface area contributed by atoms with E-state index in [0.717, 1.165) is 16.9 Å². The number of hydrogen-bond donors (Lipinski definition) is 1. The van der Waals surface area contributed by atoms with Gasteiger partial charge in [0.05, 0.1) is 0 Å². The Morgan fingerprint density at radius 2 is 1.81 bits per heavy atom. The SMILES string of the molecule is CNc1ccccn1.O=C1c2cccc1c2. The van der Waals surface area contributed by atoms with Crippen molar-refractivity contribution in [3.05, 3.63) is 59.8 Å². The van der Waals surface area contributed by atoms with Crippen LogP contribution in [-0.4, -0.2) is 17.8 Å². The molecule has 0 fully saturated rings. The van der Waals surface area contributed by atoms with Crippen LogP contribution in [0.1, 0.15) is 15.9 Å². The highest BCUT2D eigenvalue weighted by Crippen LogP contribution is 2.19.